The number of piperidine rings is 1. The lowest BCUT2D eigenvalue weighted by Crippen LogP contribution is -2.56. The first-order valence-electron chi connectivity index (χ1n) is 16.7. The summed E-state index contributed by atoms with van der Waals surface area (Å²) in [7, 11) is 0. The number of carbonyl (C=O) groups is 1. The highest BCUT2D eigenvalue weighted by atomic mass is 16.7. The summed E-state index contributed by atoms with van der Waals surface area (Å²) < 4.78 is 12.3. The molecule has 5 heteroatoms. The van der Waals surface area contributed by atoms with E-state index in [4.69, 9.17) is 9.47 Å². The zero-order valence-corrected chi connectivity index (χ0v) is 25.8. The van der Waals surface area contributed by atoms with Crippen LogP contribution < -0.4 is 4.90 Å². The van der Waals surface area contributed by atoms with Crippen molar-refractivity contribution < 1.29 is 19.4 Å². The maximum atomic E-state index is 13.6. The van der Waals surface area contributed by atoms with Gasteiger partial charge in [0, 0.05) is 43.0 Å². The summed E-state index contributed by atoms with van der Waals surface area (Å²) in [5.74, 6) is 1.23. The van der Waals surface area contributed by atoms with Gasteiger partial charge in [-0.25, -0.2) is 0 Å². The Morgan fingerprint density at radius 3 is 2.37 bits per heavy atom. The molecule has 1 aromatic rings. The fraction of sp³-hybridized carbons (Fsp3) is 0.750. The van der Waals surface area contributed by atoms with Gasteiger partial charge in [-0.3, -0.25) is 4.79 Å². The maximum Gasteiger partial charge on any atom is 0.171 e. The fourth-order valence-electron chi connectivity index (χ4n) is 11.4. The number of hydrogen-bond donors (Lipinski definition) is 1. The lowest BCUT2D eigenvalue weighted by molar-refractivity contribution is -0.208. The monoisotopic (exact) mass is 561 g/mol. The quantitative estimate of drug-likeness (QED) is 0.395. The third-order valence-corrected chi connectivity index (χ3v) is 13.1. The van der Waals surface area contributed by atoms with E-state index in [1.165, 1.54) is 41.7 Å². The molecular weight excluding hydrogens is 510 g/mol. The summed E-state index contributed by atoms with van der Waals surface area (Å²) in [6, 6.07) is 9.44. The van der Waals surface area contributed by atoms with Gasteiger partial charge in [-0.05, 0) is 111 Å². The molecule has 224 valence electrons. The van der Waals surface area contributed by atoms with Gasteiger partial charge in [0.1, 0.15) is 5.78 Å². The summed E-state index contributed by atoms with van der Waals surface area (Å²) in [6.45, 7) is 12.5. The minimum absolute atomic E-state index is 0.0546. The summed E-state index contributed by atoms with van der Waals surface area (Å²) in [4.78, 5) is 16.2. The van der Waals surface area contributed by atoms with E-state index in [0.717, 1.165) is 58.0 Å². The van der Waals surface area contributed by atoms with E-state index in [9.17, 15) is 9.90 Å². The number of carbonyl (C=O) groups excluding carboxylic acids is 1. The number of nitrogens with zero attached hydrogens (tertiary/aromatic N) is 1. The molecule has 41 heavy (non-hydrogen) atoms. The van der Waals surface area contributed by atoms with Gasteiger partial charge < -0.3 is 19.5 Å². The van der Waals surface area contributed by atoms with Crippen LogP contribution in [0, 0.1) is 28.6 Å². The second kappa shape index (κ2) is 9.92. The fourth-order valence-corrected chi connectivity index (χ4v) is 11.4. The van der Waals surface area contributed by atoms with E-state index in [1.807, 2.05) is 6.92 Å². The number of ether oxygens (including phenoxy) is 2. The Bertz CT molecular complexity index is 1210. The normalized spacial score (nSPS) is 40.0. The Morgan fingerprint density at radius 2 is 1.71 bits per heavy atom. The molecule has 1 aromatic carbocycles. The highest BCUT2D eigenvalue weighted by Gasteiger charge is 2.67. The van der Waals surface area contributed by atoms with Crippen LogP contribution in [0.3, 0.4) is 0 Å². The zero-order chi connectivity index (χ0) is 28.6. The van der Waals surface area contributed by atoms with Gasteiger partial charge in [-0.15, -0.1) is 0 Å². The molecule has 2 saturated heterocycles. The smallest absolute Gasteiger partial charge is 0.171 e. The molecule has 0 aromatic heterocycles. The van der Waals surface area contributed by atoms with E-state index < -0.39 is 11.4 Å². The second-order valence-electron chi connectivity index (χ2n) is 15.0. The number of rotatable bonds is 4. The average molecular weight is 562 g/mol. The summed E-state index contributed by atoms with van der Waals surface area (Å²) in [6.07, 6.45) is 11.0. The predicted molar refractivity (Wildman–Crippen MR) is 162 cm³/mol. The minimum Gasteiger partial charge on any atom is -0.385 e. The van der Waals surface area contributed by atoms with E-state index in [2.05, 4.69) is 49.9 Å². The molecule has 4 aliphatic carbocycles. The van der Waals surface area contributed by atoms with Crippen LogP contribution in [0.2, 0.25) is 0 Å². The van der Waals surface area contributed by atoms with Crippen LogP contribution in [-0.4, -0.2) is 48.6 Å². The van der Waals surface area contributed by atoms with Crippen LogP contribution in [0.1, 0.15) is 110 Å². The van der Waals surface area contributed by atoms with Gasteiger partial charge in [-0.2, -0.15) is 0 Å². The molecule has 1 spiro atoms. The first-order valence-corrected chi connectivity index (χ1v) is 16.7. The number of fused-ring (bicyclic) bond motifs is 4. The van der Waals surface area contributed by atoms with E-state index in [-0.39, 0.29) is 16.7 Å². The van der Waals surface area contributed by atoms with Gasteiger partial charge in [0.25, 0.3) is 0 Å². The molecule has 6 atom stereocenters. The summed E-state index contributed by atoms with van der Waals surface area (Å²) in [5.41, 5.74) is 4.31. The van der Waals surface area contributed by atoms with Crippen LogP contribution in [0.4, 0.5) is 5.69 Å². The van der Waals surface area contributed by atoms with Gasteiger partial charge >= 0.3 is 0 Å². The van der Waals surface area contributed by atoms with Crippen molar-refractivity contribution in [2.24, 2.45) is 28.6 Å². The highest BCUT2D eigenvalue weighted by molar-refractivity contribution is 5.84. The topological polar surface area (TPSA) is 59.0 Å². The first-order chi connectivity index (χ1) is 19.6. The SMILES string of the molecule is CC(=O)[C@@]1(C(C)C)CCC2C3CC[C@@]4(O)CC5(CCC4=C3[C@@H](c3ccc(N4CCCCC4)cc3)C[C@@]21C)OCCO5. The Balaban J connectivity index is 1.33. The largest absolute Gasteiger partial charge is 0.385 e. The summed E-state index contributed by atoms with van der Waals surface area (Å²) in [5, 5.41) is 12.3. The number of aliphatic hydroxyl groups is 1. The third-order valence-electron chi connectivity index (χ3n) is 13.1. The van der Waals surface area contributed by atoms with Crippen molar-refractivity contribution in [2.45, 2.75) is 116 Å². The number of hydrogen-bond acceptors (Lipinski definition) is 5. The van der Waals surface area contributed by atoms with Crippen molar-refractivity contribution in [3.8, 4) is 0 Å². The molecule has 3 saturated carbocycles. The van der Waals surface area contributed by atoms with Gasteiger partial charge in [0.05, 0.1) is 18.8 Å². The van der Waals surface area contributed by atoms with E-state index in [1.54, 1.807) is 0 Å². The lowest BCUT2D eigenvalue weighted by Gasteiger charge is -2.59. The van der Waals surface area contributed by atoms with Gasteiger partial charge in [0.2, 0.25) is 0 Å². The maximum absolute atomic E-state index is 13.6. The number of benzene rings is 1. The molecule has 1 N–H and O–H groups in total. The Kier molecular flexibility index (Phi) is 6.80. The zero-order valence-electron chi connectivity index (χ0n) is 25.8. The molecule has 2 unspecified atom stereocenters. The van der Waals surface area contributed by atoms with Gasteiger partial charge in [-0.1, -0.05) is 38.5 Å². The van der Waals surface area contributed by atoms with E-state index in [0.29, 0.717) is 43.2 Å². The standard InChI is InChI=1S/C36H51NO4/c1-24(2)36(25(3)38)17-14-30-28-12-15-34(39)23-35(40-20-21-41-35)16-13-31(34)32(28)29(22-33(30,36)4)26-8-10-27(11-9-26)37-18-6-5-7-19-37/h8-11,24,28-30,39H,5-7,12-23H2,1-4H3/t28?,29-,30?,33+,34-,36+/m1/s1. The van der Waals surface area contributed by atoms with Crippen LogP contribution in [0.5, 0.6) is 0 Å². The van der Waals surface area contributed by atoms with Crippen LogP contribution >= 0.6 is 0 Å². The molecule has 2 aliphatic heterocycles. The van der Waals surface area contributed by atoms with Crippen molar-refractivity contribution in [1.29, 1.82) is 0 Å². The van der Waals surface area contributed by atoms with Crippen molar-refractivity contribution >= 4 is 11.5 Å². The van der Waals surface area contributed by atoms with Crippen molar-refractivity contribution in [1.82, 2.24) is 0 Å². The number of allylic oxidation sites excluding steroid dienone is 1. The number of ketones is 1. The lowest BCUT2D eigenvalue weighted by atomic mass is 9.45. The number of Topliss-reactive ketones (excluding diaryl/α,β-unsaturated/α-hetero) is 1. The van der Waals surface area contributed by atoms with Crippen molar-refractivity contribution in [3.05, 3.63) is 41.0 Å². The van der Waals surface area contributed by atoms with Crippen LogP contribution in [0.25, 0.3) is 0 Å². The number of anilines is 1. The Morgan fingerprint density at radius 1 is 1.00 bits per heavy atom. The first kappa shape index (κ1) is 28.1. The molecule has 0 radical (unpaired) electrons. The minimum atomic E-state index is -0.859. The molecule has 0 amide bonds. The molecule has 2 heterocycles. The Labute approximate surface area is 247 Å². The van der Waals surface area contributed by atoms with Crippen molar-refractivity contribution in [2.75, 3.05) is 31.2 Å². The highest BCUT2D eigenvalue weighted by Crippen LogP contribution is 2.72. The van der Waals surface area contributed by atoms with Crippen LogP contribution in [0.15, 0.2) is 35.4 Å². The molecule has 6 aliphatic rings. The van der Waals surface area contributed by atoms with Crippen LogP contribution in [-0.2, 0) is 14.3 Å². The summed E-state index contributed by atoms with van der Waals surface area (Å²) >= 11 is 0. The average Bonchev–Trinajstić information content (AvgIpc) is 3.54. The molecule has 5 nitrogen and oxygen atoms in total. The molecule has 5 fully saturated rings. The van der Waals surface area contributed by atoms with Crippen molar-refractivity contribution in [3.63, 3.8) is 0 Å². The van der Waals surface area contributed by atoms with E-state index >= 15 is 0 Å². The Hall–Kier alpha value is -1.69. The molecule has 7 rings (SSSR count). The third kappa shape index (κ3) is 4.08. The molecular formula is C36H51NO4. The molecule has 0 bridgehead atoms. The second-order valence-corrected chi connectivity index (χ2v) is 15.0. The van der Waals surface area contributed by atoms with Gasteiger partial charge in [0.15, 0.2) is 5.79 Å². The predicted octanol–water partition coefficient (Wildman–Crippen LogP) is 7.18.